The van der Waals surface area contributed by atoms with Crippen molar-refractivity contribution in [3.05, 3.63) is 39.9 Å². The van der Waals surface area contributed by atoms with Gasteiger partial charge in [0.2, 0.25) is 12.1 Å². The number of carbonyl (C=O) groups excluding carboxylic acids is 2. The van der Waals surface area contributed by atoms with Gasteiger partial charge in [0.1, 0.15) is 6.54 Å². The number of nitro groups is 1. The number of esters is 1. The van der Waals surface area contributed by atoms with Gasteiger partial charge >= 0.3 is 5.97 Å². The predicted octanol–water partition coefficient (Wildman–Crippen LogP) is -0.329. The van der Waals surface area contributed by atoms with Gasteiger partial charge in [0.25, 0.3) is 5.91 Å². The van der Waals surface area contributed by atoms with E-state index < -0.39 is 35.5 Å². The highest BCUT2D eigenvalue weighted by Crippen LogP contribution is 2.40. The van der Waals surface area contributed by atoms with E-state index in [4.69, 9.17) is 0 Å². The van der Waals surface area contributed by atoms with E-state index in [-0.39, 0.29) is 11.3 Å². The smallest absolute Gasteiger partial charge is 0.325 e. The van der Waals surface area contributed by atoms with E-state index >= 15 is 0 Å². The van der Waals surface area contributed by atoms with Crippen molar-refractivity contribution in [1.29, 1.82) is 0 Å². The van der Waals surface area contributed by atoms with Crippen LogP contribution in [0, 0.1) is 10.1 Å². The fourth-order valence-electron chi connectivity index (χ4n) is 2.20. The van der Waals surface area contributed by atoms with Crippen LogP contribution in [-0.4, -0.2) is 42.1 Å². The zero-order valence-electron chi connectivity index (χ0n) is 10.6. The summed E-state index contributed by atoms with van der Waals surface area (Å²) in [6, 6.07) is 6.09. The van der Waals surface area contributed by atoms with Gasteiger partial charge in [-0.1, -0.05) is 18.2 Å². The number of fused-ring (bicyclic) bond motifs is 1. The second-order valence-electron chi connectivity index (χ2n) is 4.34. The van der Waals surface area contributed by atoms with Gasteiger partial charge in [-0.3, -0.25) is 24.6 Å². The first-order valence-corrected chi connectivity index (χ1v) is 5.72. The summed E-state index contributed by atoms with van der Waals surface area (Å²) < 4.78 is 4.48. The highest BCUT2D eigenvalue weighted by Gasteiger charge is 2.53. The summed E-state index contributed by atoms with van der Waals surface area (Å²) in [5.41, 5.74) is -1.87. The molecule has 0 aromatic heterocycles. The Hall–Kier alpha value is -2.48. The fraction of sp³-hybridized carbons (Fsp3) is 0.333. The van der Waals surface area contributed by atoms with Gasteiger partial charge in [-0.25, -0.2) is 0 Å². The third-order valence-corrected chi connectivity index (χ3v) is 3.11. The number of nitrogens with zero attached hydrogens (tertiary/aromatic N) is 2. The Balaban J connectivity index is 2.46. The third-order valence-electron chi connectivity index (χ3n) is 3.11. The maximum absolute atomic E-state index is 12.2. The lowest BCUT2D eigenvalue weighted by Crippen LogP contribution is -2.46. The van der Waals surface area contributed by atoms with Crippen molar-refractivity contribution in [3.63, 3.8) is 0 Å². The van der Waals surface area contributed by atoms with Crippen LogP contribution in [0.2, 0.25) is 0 Å². The number of amides is 1. The molecule has 0 saturated carbocycles. The number of benzene rings is 1. The molecular weight excluding hydrogens is 268 g/mol. The molecule has 1 aromatic rings. The van der Waals surface area contributed by atoms with Gasteiger partial charge < -0.3 is 9.84 Å². The molecule has 1 aromatic carbocycles. The molecule has 1 amide bonds. The molecule has 0 bridgehead atoms. The first-order chi connectivity index (χ1) is 9.40. The van der Waals surface area contributed by atoms with E-state index in [1.54, 1.807) is 12.1 Å². The summed E-state index contributed by atoms with van der Waals surface area (Å²) in [6.07, 6.45) is 0. The van der Waals surface area contributed by atoms with Crippen molar-refractivity contribution in [2.45, 2.75) is 5.60 Å². The predicted molar refractivity (Wildman–Crippen MR) is 66.6 cm³/mol. The van der Waals surface area contributed by atoms with E-state index in [0.717, 1.165) is 12.0 Å². The van der Waals surface area contributed by atoms with Crippen LogP contribution in [0.4, 0.5) is 5.69 Å². The summed E-state index contributed by atoms with van der Waals surface area (Å²) >= 11 is 0. The van der Waals surface area contributed by atoms with Gasteiger partial charge in [-0.15, -0.1) is 0 Å². The van der Waals surface area contributed by atoms with E-state index in [1.807, 2.05) is 0 Å². The lowest BCUT2D eigenvalue weighted by Gasteiger charge is -2.18. The molecule has 20 heavy (non-hydrogen) atoms. The van der Waals surface area contributed by atoms with Crippen LogP contribution in [0.5, 0.6) is 0 Å². The molecule has 0 aliphatic carbocycles. The van der Waals surface area contributed by atoms with Crippen LogP contribution in [0.15, 0.2) is 24.3 Å². The first kappa shape index (κ1) is 13.9. The Morgan fingerprint density at radius 2 is 2.15 bits per heavy atom. The van der Waals surface area contributed by atoms with Crippen molar-refractivity contribution in [2.24, 2.45) is 0 Å². The number of hydrogen-bond acceptors (Lipinski definition) is 6. The van der Waals surface area contributed by atoms with Crippen LogP contribution in [0.3, 0.4) is 0 Å². The highest BCUT2D eigenvalue weighted by molar-refractivity contribution is 6.09. The monoisotopic (exact) mass is 280 g/mol. The van der Waals surface area contributed by atoms with Crippen LogP contribution in [0.25, 0.3) is 0 Å². The van der Waals surface area contributed by atoms with Crippen molar-refractivity contribution in [2.75, 3.05) is 25.1 Å². The molecule has 1 atom stereocenters. The molecule has 8 nitrogen and oxygen atoms in total. The highest BCUT2D eigenvalue weighted by atomic mass is 16.6. The first-order valence-electron chi connectivity index (χ1n) is 5.72. The SMILES string of the molecule is COC(=O)CN1C(=O)[C@](O)(C[N+](=O)[O-])c2ccccc21. The Kier molecular flexibility index (Phi) is 3.41. The number of methoxy groups -OCH3 is 1. The lowest BCUT2D eigenvalue weighted by atomic mass is 9.96. The zero-order valence-corrected chi connectivity index (χ0v) is 10.6. The van der Waals surface area contributed by atoms with Crippen molar-refractivity contribution in [1.82, 2.24) is 0 Å². The molecule has 0 unspecified atom stereocenters. The molecule has 0 fully saturated rings. The van der Waals surface area contributed by atoms with E-state index in [9.17, 15) is 24.8 Å². The average Bonchev–Trinajstić information content (AvgIpc) is 2.61. The Labute approximate surface area is 113 Å². The standard InChI is InChI=1S/C12H12N2O6/c1-20-10(15)6-13-9-5-3-2-4-8(9)12(17,11(13)16)7-14(18)19/h2-5,17H,6-7H2,1H3/t12-/m0/s1. The molecule has 0 radical (unpaired) electrons. The molecule has 1 aliphatic heterocycles. The van der Waals surface area contributed by atoms with Gasteiger partial charge in [0, 0.05) is 10.5 Å². The van der Waals surface area contributed by atoms with Crippen LogP contribution >= 0.6 is 0 Å². The Bertz CT molecular complexity index is 587. The van der Waals surface area contributed by atoms with Crippen LogP contribution in [-0.2, 0) is 19.9 Å². The fourth-order valence-corrected chi connectivity index (χ4v) is 2.20. The number of hydrogen-bond donors (Lipinski definition) is 1. The quantitative estimate of drug-likeness (QED) is 0.459. The topological polar surface area (TPSA) is 110 Å². The molecule has 0 spiro atoms. The number of aliphatic hydroxyl groups is 1. The van der Waals surface area contributed by atoms with Gasteiger partial charge in [0.05, 0.1) is 12.8 Å². The maximum atomic E-state index is 12.2. The molecule has 0 saturated heterocycles. The van der Waals surface area contributed by atoms with E-state index in [0.29, 0.717) is 0 Å². The average molecular weight is 280 g/mol. The molecule has 106 valence electrons. The minimum atomic E-state index is -2.26. The third kappa shape index (κ3) is 2.10. The van der Waals surface area contributed by atoms with Gasteiger partial charge in [-0.2, -0.15) is 0 Å². The lowest BCUT2D eigenvalue weighted by molar-refractivity contribution is -0.498. The number of carbonyl (C=O) groups is 2. The Morgan fingerprint density at radius 3 is 2.75 bits per heavy atom. The molecule has 1 aliphatic rings. The van der Waals surface area contributed by atoms with Gasteiger partial charge in [-0.05, 0) is 6.07 Å². The summed E-state index contributed by atoms with van der Waals surface area (Å²) in [5.74, 6) is -1.58. The molecule has 1 heterocycles. The summed E-state index contributed by atoms with van der Waals surface area (Å²) in [5, 5.41) is 21.0. The second kappa shape index (κ2) is 4.89. The number of rotatable bonds is 4. The van der Waals surface area contributed by atoms with Crippen LogP contribution < -0.4 is 4.90 Å². The molecule has 2 rings (SSSR count). The zero-order chi connectivity index (χ0) is 14.9. The minimum Gasteiger partial charge on any atom is -0.468 e. The summed E-state index contributed by atoms with van der Waals surface area (Å²) in [4.78, 5) is 34.5. The van der Waals surface area contributed by atoms with Crippen LogP contribution in [0.1, 0.15) is 5.56 Å². The second-order valence-corrected chi connectivity index (χ2v) is 4.34. The van der Waals surface area contributed by atoms with Crippen molar-refractivity contribution >= 4 is 17.6 Å². The van der Waals surface area contributed by atoms with Gasteiger partial charge in [0.15, 0.2) is 0 Å². The number of ether oxygens (including phenoxy) is 1. The van der Waals surface area contributed by atoms with Crippen molar-refractivity contribution in [3.8, 4) is 0 Å². The molecular formula is C12H12N2O6. The van der Waals surface area contributed by atoms with E-state index in [1.165, 1.54) is 12.1 Å². The number of para-hydroxylation sites is 1. The largest absolute Gasteiger partial charge is 0.468 e. The number of anilines is 1. The molecule has 1 N–H and O–H groups in total. The Morgan fingerprint density at radius 1 is 1.50 bits per heavy atom. The normalized spacial score (nSPS) is 20.7. The summed E-state index contributed by atoms with van der Waals surface area (Å²) in [6.45, 7) is -1.37. The summed E-state index contributed by atoms with van der Waals surface area (Å²) in [7, 11) is 1.16. The van der Waals surface area contributed by atoms with E-state index in [2.05, 4.69) is 4.74 Å². The minimum absolute atomic E-state index is 0.116. The molecule has 8 heteroatoms. The van der Waals surface area contributed by atoms with Crippen molar-refractivity contribution < 1.29 is 24.4 Å². The maximum Gasteiger partial charge on any atom is 0.325 e.